The molecule has 0 amide bonds. The molecule has 0 saturated heterocycles. The predicted molar refractivity (Wildman–Crippen MR) is 89.5 cm³/mol. The molecule has 1 aliphatic carbocycles. The zero-order valence-corrected chi connectivity index (χ0v) is 19.8. The Bertz CT molecular complexity index is 203. The first-order valence-electron chi connectivity index (χ1n) is 4.82. The Morgan fingerprint density at radius 3 is 1.55 bits per heavy atom. The summed E-state index contributed by atoms with van der Waals surface area (Å²) in [5.41, 5.74) is 1.28. The van der Waals surface area contributed by atoms with Crippen molar-refractivity contribution in [2.45, 2.75) is 45.8 Å². The molecule has 0 unspecified atom stereocenters. The van der Waals surface area contributed by atoms with Crippen LogP contribution in [0, 0.1) is 29.7 Å². The topological polar surface area (TPSA) is 14.1 Å². The van der Waals surface area contributed by atoms with Crippen LogP contribution >= 0.6 is 0 Å². The van der Waals surface area contributed by atoms with Crippen LogP contribution in [0.15, 0.2) is 23.9 Å². The second kappa shape index (κ2) is 28.2. The Labute approximate surface area is 164 Å². The first-order chi connectivity index (χ1) is 5.99. The van der Waals surface area contributed by atoms with E-state index in [9.17, 15) is 0 Å². The Morgan fingerprint density at radius 1 is 1.00 bits per heavy atom. The molecule has 125 valence electrons. The molecule has 0 heterocycles. The van der Waals surface area contributed by atoms with Gasteiger partial charge in [0.05, 0.1) is 0 Å². The molecule has 1 nitrogen and oxygen atoms in total. The summed E-state index contributed by atoms with van der Waals surface area (Å²) in [6.45, 7) is 10.8. The van der Waals surface area contributed by atoms with Gasteiger partial charge in [-0.2, -0.15) is 5.70 Å². The quantitative estimate of drug-likeness (QED) is 0.397. The number of nitrogens with zero attached hydrogens (tertiary/aromatic N) is 1. The molecule has 0 aromatic rings. The van der Waals surface area contributed by atoms with Crippen LogP contribution in [0.2, 0.25) is 13.1 Å². The third-order valence-corrected chi connectivity index (χ3v) is 1.23. The number of hydrogen-bond acceptors (Lipinski definition) is 0. The van der Waals surface area contributed by atoms with Gasteiger partial charge in [-0.15, -0.1) is 5.54 Å². The Balaban J connectivity index is -0.0000000224. The largest absolute Gasteiger partial charge is 2.00 e. The van der Waals surface area contributed by atoms with Gasteiger partial charge in [0, 0.05) is 9.52 Å². The maximum atomic E-state index is 4.51. The number of rotatable bonds is 1. The van der Waals surface area contributed by atoms with Crippen molar-refractivity contribution in [3.05, 3.63) is 58.9 Å². The van der Waals surface area contributed by atoms with E-state index < -0.39 is 0 Å². The average molecular weight is 418 g/mol. The van der Waals surface area contributed by atoms with Crippen molar-refractivity contribution in [2.75, 3.05) is 0 Å². The molecule has 0 fully saturated rings. The molecular formula is C15H33Cl2NSiZr-5. The van der Waals surface area contributed by atoms with Gasteiger partial charge in [0.25, 0.3) is 0 Å². The van der Waals surface area contributed by atoms with Gasteiger partial charge in [0.1, 0.15) is 0 Å². The molecule has 0 atom stereocenters. The summed E-state index contributed by atoms with van der Waals surface area (Å²) in [6, 6.07) is 0. The zero-order chi connectivity index (χ0) is 10.3. The van der Waals surface area contributed by atoms with Crippen molar-refractivity contribution in [2.24, 2.45) is 0 Å². The van der Waals surface area contributed by atoms with Crippen LogP contribution in [0.4, 0.5) is 0 Å². The molecule has 1 radical (unpaired) electrons. The van der Waals surface area contributed by atoms with Crippen molar-refractivity contribution in [1.82, 2.24) is 0 Å². The van der Waals surface area contributed by atoms with Gasteiger partial charge < -0.3 is 59.8 Å². The second-order valence-electron chi connectivity index (χ2n) is 4.15. The molecule has 1 aliphatic rings. The van der Waals surface area contributed by atoms with E-state index in [0.29, 0.717) is 0 Å². The van der Waals surface area contributed by atoms with Crippen LogP contribution < -0.4 is 24.8 Å². The molecule has 0 aliphatic heterocycles. The van der Waals surface area contributed by atoms with Gasteiger partial charge in [0.15, 0.2) is 0 Å². The third-order valence-electron chi connectivity index (χ3n) is 1.23. The van der Waals surface area contributed by atoms with Crippen LogP contribution in [0.5, 0.6) is 0 Å². The molecule has 1 rings (SSSR count). The van der Waals surface area contributed by atoms with Crippen molar-refractivity contribution < 1.29 is 51.0 Å². The third kappa shape index (κ3) is 36.4. The van der Waals surface area contributed by atoms with Gasteiger partial charge in [-0.3, -0.25) is 0 Å². The van der Waals surface area contributed by atoms with Crippen LogP contribution in [-0.2, 0) is 26.2 Å². The maximum Gasteiger partial charge on any atom is 2.00 e. The second-order valence-corrected chi connectivity index (χ2v) is 5.30. The number of halogens is 2. The summed E-state index contributed by atoms with van der Waals surface area (Å²) < 4.78 is 0. The minimum absolute atomic E-state index is 0. The molecule has 20 heavy (non-hydrogen) atoms. The van der Waals surface area contributed by atoms with Gasteiger partial charge in [-0.05, 0) is 6.42 Å². The van der Waals surface area contributed by atoms with Crippen LogP contribution in [-0.4, -0.2) is 15.1 Å². The fraction of sp³-hybridized carbons (Fsp3) is 0.467. The minimum Gasteiger partial charge on any atom is -1.00 e. The first-order valence-corrected chi connectivity index (χ1v) is 7.13. The molecule has 0 aromatic carbocycles. The summed E-state index contributed by atoms with van der Waals surface area (Å²) in [5.74, 6) is 0. The Morgan fingerprint density at radius 2 is 1.35 bits per heavy atom. The van der Waals surface area contributed by atoms with E-state index in [1.165, 1.54) is 5.70 Å². The monoisotopic (exact) mass is 415 g/mol. The van der Waals surface area contributed by atoms with E-state index in [1.54, 1.807) is 0 Å². The SMILES string of the molecule is CC(C)(C)[N-]C1=CC=CC1.C[SiH]C.[CH3-].[CH3-].[CH3-].[CH3-].[Cl-].[Cl-].[Zr+2]. The van der Waals surface area contributed by atoms with Gasteiger partial charge in [-0.1, -0.05) is 52.1 Å². The normalized spacial score (nSPS) is 9.55. The van der Waals surface area contributed by atoms with Crippen molar-refractivity contribution in [3.8, 4) is 0 Å². The van der Waals surface area contributed by atoms with Crippen LogP contribution in [0.1, 0.15) is 27.2 Å². The number of hydrogen-bond donors (Lipinski definition) is 0. The summed E-state index contributed by atoms with van der Waals surface area (Å²) in [6.07, 6.45) is 7.28. The van der Waals surface area contributed by atoms with Crippen molar-refractivity contribution in [3.63, 3.8) is 0 Å². The summed E-state index contributed by atoms with van der Waals surface area (Å²) in [4.78, 5) is 0. The summed E-state index contributed by atoms with van der Waals surface area (Å²) >= 11 is 0. The first kappa shape index (κ1) is 49.7. The average Bonchev–Trinajstić information content (AvgIpc) is 2.37. The van der Waals surface area contributed by atoms with Crippen molar-refractivity contribution in [1.29, 1.82) is 0 Å². The molecular weight excluding hydrogens is 384 g/mol. The van der Waals surface area contributed by atoms with E-state index in [1.807, 2.05) is 0 Å². The maximum absolute atomic E-state index is 4.51. The van der Waals surface area contributed by atoms with Crippen LogP contribution in [0.3, 0.4) is 0 Å². The van der Waals surface area contributed by atoms with E-state index in [-0.39, 0.29) is 86.3 Å². The molecule has 5 heteroatoms. The molecule has 0 N–H and O–H groups in total. The van der Waals surface area contributed by atoms with Gasteiger partial charge >= 0.3 is 26.2 Å². The number of allylic oxidation sites excluding steroid dienone is 3. The fourth-order valence-electron chi connectivity index (χ4n) is 0.950. The smallest absolute Gasteiger partial charge is 1.00 e. The van der Waals surface area contributed by atoms with E-state index in [0.717, 1.165) is 15.9 Å². The van der Waals surface area contributed by atoms with Crippen LogP contribution in [0.25, 0.3) is 5.32 Å². The zero-order valence-electron chi connectivity index (χ0n) is 14.7. The molecule has 0 saturated carbocycles. The van der Waals surface area contributed by atoms with E-state index in [2.05, 4.69) is 57.4 Å². The standard InChI is InChI=1S/C9H14N.C2H7Si.4CH3.2ClH.Zr/c1-9(2,3)10-8-6-4-5-7-8;1-3-2;;;;;;;/h4-6H,7H2,1-3H3;3H,1-2H3;4*1H3;2*1H;/q-1;;4*-1;;;+2/p-2. The Hall–Kier alpha value is 0.960. The molecule has 0 bridgehead atoms. The van der Waals surface area contributed by atoms with Gasteiger partial charge in [0.2, 0.25) is 0 Å². The van der Waals surface area contributed by atoms with E-state index >= 15 is 0 Å². The Kier molecular flexibility index (Phi) is 70.0. The summed E-state index contributed by atoms with van der Waals surface area (Å²) in [7, 11) is 0.750. The predicted octanol–water partition coefficient (Wildman–Crippen LogP) is -0.672. The fourth-order valence-corrected chi connectivity index (χ4v) is 0.950. The van der Waals surface area contributed by atoms with Crippen molar-refractivity contribution >= 4 is 9.52 Å². The van der Waals surface area contributed by atoms with E-state index in [4.69, 9.17) is 0 Å². The minimum atomic E-state index is 0. The van der Waals surface area contributed by atoms with Gasteiger partial charge in [-0.25, -0.2) is 0 Å². The molecule has 0 aromatic heterocycles. The molecule has 0 spiro atoms. The summed E-state index contributed by atoms with van der Waals surface area (Å²) in [5, 5.41) is 4.51.